The van der Waals surface area contributed by atoms with Gasteiger partial charge in [-0.3, -0.25) is 0 Å². The largest absolute Gasteiger partial charge is 0.382 e. The van der Waals surface area contributed by atoms with Crippen molar-refractivity contribution in [3.05, 3.63) is 23.3 Å². The lowest BCUT2D eigenvalue weighted by Crippen LogP contribution is -2.08. The van der Waals surface area contributed by atoms with E-state index in [-0.39, 0.29) is 0 Å². The number of anilines is 1. The van der Waals surface area contributed by atoms with Crippen LogP contribution in [0.25, 0.3) is 21.9 Å². The van der Waals surface area contributed by atoms with Gasteiger partial charge in [-0.15, -0.1) is 11.3 Å². The number of fused-ring (bicyclic) bond motifs is 1. The maximum atomic E-state index is 6.16. The highest BCUT2D eigenvalue weighted by atomic mass is 32.1. The molecule has 26 heavy (non-hydrogen) atoms. The molecule has 0 radical (unpaired) electrons. The van der Waals surface area contributed by atoms with Crippen molar-refractivity contribution in [2.24, 2.45) is 0 Å². The van der Waals surface area contributed by atoms with Gasteiger partial charge in [-0.2, -0.15) is 0 Å². The first-order valence-electron chi connectivity index (χ1n) is 8.88. The Morgan fingerprint density at radius 2 is 2.15 bits per heavy atom. The molecule has 0 saturated carbocycles. The minimum atomic E-state index is 0.364. The normalized spacial score (nSPS) is 10.8. The summed E-state index contributed by atoms with van der Waals surface area (Å²) in [6, 6.07) is 4.05. The van der Waals surface area contributed by atoms with Crippen LogP contribution in [0.4, 0.5) is 5.82 Å². The van der Waals surface area contributed by atoms with Gasteiger partial charge in [-0.25, -0.2) is 15.0 Å². The maximum Gasteiger partial charge on any atom is 0.208 e. The monoisotopic (exact) mass is 369 g/mol. The molecule has 7 heteroatoms. The Balaban J connectivity index is 2.05. The number of imidazole rings is 1. The van der Waals surface area contributed by atoms with E-state index in [2.05, 4.69) is 28.7 Å². The van der Waals surface area contributed by atoms with Crippen LogP contribution in [0.2, 0.25) is 0 Å². The van der Waals surface area contributed by atoms with Crippen molar-refractivity contribution in [1.82, 2.24) is 19.5 Å². The second kappa shape index (κ2) is 8.79. The highest BCUT2D eigenvalue weighted by Crippen LogP contribution is 2.29. The van der Waals surface area contributed by atoms with E-state index >= 15 is 0 Å². The number of nitrogens with two attached hydrogens (primary N) is 1. The van der Waals surface area contributed by atoms with E-state index in [4.69, 9.17) is 15.5 Å². The molecule has 3 rings (SSSR count). The lowest BCUT2D eigenvalue weighted by atomic mass is 10.2. The first-order valence-corrected chi connectivity index (χ1v) is 9.76. The predicted octanol–water partition coefficient (Wildman–Crippen LogP) is 3.72. The summed E-state index contributed by atoms with van der Waals surface area (Å²) < 4.78 is 7.58. The van der Waals surface area contributed by atoms with Gasteiger partial charge in [0.15, 0.2) is 22.8 Å². The number of hydrogen-bond acceptors (Lipinski definition) is 6. The summed E-state index contributed by atoms with van der Waals surface area (Å²) in [5.41, 5.74) is 7.48. The Morgan fingerprint density at radius 3 is 2.88 bits per heavy atom. The Labute approximate surface area is 157 Å². The fraction of sp³-hybridized carbons (Fsp3) is 0.421. The summed E-state index contributed by atoms with van der Waals surface area (Å²) in [6.45, 7) is 6.03. The molecule has 3 aromatic rings. The Kier molecular flexibility index (Phi) is 6.21. The third kappa shape index (κ3) is 4.03. The summed E-state index contributed by atoms with van der Waals surface area (Å²) in [4.78, 5) is 14.7. The molecule has 3 heterocycles. The number of nitrogen functional groups attached to an aromatic ring is 1. The minimum Gasteiger partial charge on any atom is -0.382 e. The van der Waals surface area contributed by atoms with Crippen LogP contribution < -0.4 is 5.73 Å². The SMILES string of the molecule is CCCCC#Cc1nc(N)c2nc(-c3cccs3)n(CCOCC)c2n1. The molecule has 0 amide bonds. The molecule has 0 bridgehead atoms. The number of aromatic nitrogens is 4. The molecule has 0 unspecified atom stereocenters. The molecule has 0 aliphatic heterocycles. The van der Waals surface area contributed by atoms with Crippen molar-refractivity contribution in [3.63, 3.8) is 0 Å². The second-order valence-corrected chi connectivity index (χ2v) is 6.72. The van der Waals surface area contributed by atoms with E-state index < -0.39 is 0 Å². The number of nitrogens with zero attached hydrogens (tertiary/aromatic N) is 4. The summed E-state index contributed by atoms with van der Waals surface area (Å²) in [5.74, 6) is 7.80. The molecule has 3 aromatic heterocycles. The van der Waals surface area contributed by atoms with Gasteiger partial charge >= 0.3 is 0 Å². The standard InChI is InChI=1S/C19H23N5OS/c1-3-5-6-7-10-15-21-17(20)16-19(22-15)24(11-12-25-4-2)18(23-16)14-9-8-13-26-14/h8-9,13H,3-6,11-12H2,1-2H3,(H2,20,21,22). The fourth-order valence-corrected chi connectivity index (χ4v) is 3.31. The first kappa shape index (κ1) is 18.4. The van der Waals surface area contributed by atoms with Gasteiger partial charge in [-0.1, -0.05) is 25.3 Å². The molecular weight excluding hydrogens is 346 g/mol. The van der Waals surface area contributed by atoms with E-state index in [0.29, 0.717) is 42.6 Å². The van der Waals surface area contributed by atoms with E-state index in [9.17, 15) is 0 Å². The first-order chi connectivity index (χ1) is 12.7. The van der Waals surface area contributed by atoms with Gasteiger partial charge in [0.25, 0.3) is 0 Å². The molecule has 6 nitrogen and oxygen atoms in total. The van der Waals surface area contributed by atoms with Crippen molar-refractivity contribution in [2.45, 2.75) is 39.7 Å². The summed E-state index contributed by atoms with van der Waals surface area (Å²) in [5, 5.41) is 2.03. The fourth-order valence-electron chi connectivity index (χ4n) is 2.59. The van der Waals surface area contributed by atoms with Gasteiger partial charge < -0.3 is 15.0 Å². The minimum absolute atomic E-state index is 0.364. The molecule has 2 N–H and O–H groups in total. The molecule has 136 valence electrons. The number of rotatable bonds is 7. The van der Waals surface area contributed by atoms with Crippen LogP contribution in [-0.2, 0) is 11.3 Å². The van der Waals surface area contributed by atoms with E-state index in [1.807, 2.05) is 29.0 Å². The maximum absolute atomic E-state index is 6.16. The van der Waals surface area contributed by atoms with Crippen molar-refractivity contribution in [2.75, 3.05) is 18.9 Å². The quantitative estimate of drug-likeness (QED) is 0.507. The van der Waals surface area contributed by atoms with Crippen LogP contribution >= 0.6 is 11.3 Å². The Morgan fingerprint density at radius 1 is 1.27 bits per heavy atom. The summed E-state index contributed by atoms with van der Waals surface area (Å²) >= 11 is 1.63. The molecule has 0 aliphatic rings. The zero-order valence-corrected chi connectivity index (χ0v) is 16.0. The zero-order valence-electron chi connectivity index (χ0n) is 15.2. The van der Waals surface area contributed by atoms with Gasteiger partial charge in [0.1, 0.15) is 0 Å². The highest BCUT2D eigenvalue weighted by Gasteiger charge is 2.18. The van der Waals surface area contributed by atoms with Gasteiger partial charge in [0.05, 0.1) is 11.5 Å². The Bertz CT molecular complexity index is 921. The lowest BCUT2D eigenvalue weighted by Gasteiger charge is -2.07. The average Bonchev–Trinajstić information content (AvgIpc) is 3.27. The van der Waals surface area contributed by atoms with Crippen LogP contribution in [0.1, 0.15) is 38.9 Å². The Hall–Kier alpha value is -2.43. The summed E-state index contributed by atoms with van der Waals surface area (Å²) in [7, 11) is 0. The topological polar surface area (TPSA) is 78.8 Å². The van der Waals surface area contributed by atoms with Crippen molar-refractivity contribution < 1.29 is 4.74 Å². The second-order valence-electron chi connectivity index (χ2n) is 5.77. The average molecular weight is 369 g/mol. The summed E-state index contributed by atoms with van der Waals surface area (Å²) in [6.07, 6.45) is 3.02. The molecule has 0 aliphatic carbocycles. The highest BCUT2D eigenvalue weighted by molar-refractivity contribution is 7.13. The molecule has 0 fully saturated rings. The van der Waals surface area contributed by atoms with Crippen molar-refractivity contribution in [1.29, 1.82) is 0 Å². The third-order valence-electron chi connectivity index (χ3n) is 3.88. The van der Waals surface area contributed by atoms with Crippen molar-refractivity contribution >= 4 is 28.3 Å². The van der Waals surface area contributed by atoms with Crippen molar-refractivity contribution in [3.8, 4) is 22.5 Å². The van der Waals surface area contributed by atoms with Crippen LogP contribution in [-0.4, -0.2) is 32.7 Å². The molecule has 0 spiro atoms. The molecule has 0 saturated heterocycles. The smallest absolute Gasteiger partial charge is 0.208 e. The van der Waals surface area contributed by atoms with Crippen LogP contribution in [0.3, 0.4) is 0 Å². The number of ether oxygens (including phenoxy) is 1. The molecule has 0 aromatic carbocycles. The molecule has 0 atom stereocenters. The zero-order chi connectivity index (χ0) is 18.4. The number of unbranched alkanes of at least 4 members (excludes halogenated alkanes) is 2. The van der Waals surface area contributed by atoms with Gasteiger partial charge in [-0.05, 0) is 30.7 Å². The van der Waals surface area contributed by atoms with Gasteiger partial charge in [0.2, 0.25) is 5.82 Å². The predicted molar refractivity (Wildman–Crippen MR) is 106 cm³/mol. The van der Waals surface area contributed by atoms with Gasteiger partial charge in [0, 0.05) is 19.6 Å². The third-order valence-corrected chi connectivity index (χ3v) is 4.75. The lowest BCUT2D eigenvalue weighted by molar-refractivity contribution is 0.140. The van der Waals surface area contributed by atoms with E-state index in [0.717, 1.165) is 30.0 Å². The number of hydrogen-bond donors (Lipinski definition) is 1. The number of thiophene rings is 1. The van der Waals surface area contributed by atoms with E-state index in [1.54, 1.807) is 11.3 Å². The van der Waals surface area contributed by atoms with Crippen LogP contribution in [0.15, 0.2) is 17.5 Å². The molecular formula is C19H23N5OS. The van der Waals surface area contributed by atoms with E-state index in [1.165, 1.54) is 0 Å². The van der Waals surface area contributed by atoms with Crippen LogP contribution in [0.5, 0.6) is 0 Å². The van der Waals surface area contributed by atoms with Crippen LogP contribution in [0, 0.1) is 11.8 Å².